The van der Waals surface area contributed by atoms with Crippen LogP contribution in [0.25, 0.3) is 0 Å². The Balaban J connectivity index is 2.25. The number of carboxylic acid groups (broad SMARTS) is 1. The molecule has 0 radical (unpaired) electrons. The first kappa shape index (κ1) is 14.6. The summed E-state index contributed by atoms with van der Waals surface area (Å²) in [5.74, 6) is -0.729. The maximum Gasteiger partial charge on any atom is 0.338 e. The van der Waals surface area contributed by atoms with Crippen molar-refractivity contribution in [1.29, 1.82) is 0 Å². The number of halogens is 1. The van der Waals surface area contributed by atoms with Crippen LogP contribution in [0.5, 0.6) is 0 Å². The van der Waals surface area contributed by atoms with Crippen molar-refractivity contribution in [2.24, 2.45) is 5.92 Å². The Kier molecular flexibility index (Phi) is 4.44. The Labute approximate surface area is 120 Å². The van der Waals surface area contributed by atoms with E-state index in [0.717, 1.165) is 18.9 Å². The molecule has 0 spiro atoms. The summed E-state index contributed by atoms with van der Waals surface area (Å²) in [6, 6.07) is 2.20. The van der Waals surface area contributed by atoms with Crippen LogP contribution in [0.1, 0.15) is 36.0 Å². The van der Waals surface area contributed by atoms with E-state index in [-0.39, 0.29) is 22.0 Å². The summed E-state index contributed by atoms with van der Waals surface area (Å²) in [5.41, 5.74) is -0.224. The van der Waals surface area contributed by atoms with Crippen LogP contribution in [-0.4, -0.2) is 22.5 Å². The number of nitrogens with one attached hydrogen (secondary N) is 1. The maximum absolute atomic E-state index is 11.2. The van der Waals surface area contributed by atoms with Crippen LogP contribution in [0.3, 0.4) is 0 Å². The highest BCUT2D eigenvalue weighted by Gasteiger charge is 2.21. The lowest BCUT2D eigenvalue weighted by molar-refractivity contribution is -0.384. The molecule has 0 atom stereocenters. The Morgan fingerprint density at radius 2 is 2.10 bits per heavy atom. The Hall–Kier alpha value is -1.82. The molecule has 0 aliphatic heterocycles. The molecule has 1 saturated carbocycles. The number of carbonyl (C=O) groups is 1. The monoisotopic (exact) mass is 298 g/mol. The summed E-state index contributed by atoms with van der Waals surface area (Å²) in [6.07, 6.45) is 4.60. The molecule has 0 heterocycles. The number of anilines is 1. The minimum atomic E-state index is -1.23. The Morgan fingerprint density at radius 1 is 1.45 bits per heavy atom. The second-order valence-corrected chi connectivity index (χ2v) is 5.35. The van der Waals surface area contributed by atoms with Gasteiger partial charge < -0.3 is 10.4 Å². The summed E-state index contributed by atoms with van der Waals surface area (Å²) in [4.78, 5) is 21.3. The number of hydrogen-bond donors (Lipinski definition) is 2. The molecule has 7 heteroatoms. The fraction of sp³-hybridized carbons (Fsp3) is 0.462. The summed E-state index contributed by atoms with van der Waals surface area (Å²) in [5, 5.41) is 23.0. The topological polar surface area (TPSA) is 92.5 Å². The fourth-order valence-electron chi connectivity index (χ4n) is 2.51. The number of aromatic carboxylic acids is 1. The van der Waals surface area contributed by atoms with E-state index in [1.54, 1.807) is 0 Å². The molecule has 0 amide bonds. The van der Waals surface area contributed by atoms with Crippen LogP contribution in [-0.2, 0) is 0 Å². The number of non-ortho nitro benzene ring substituents is 1. The number of benzene rings is 1. The summed E-state index contributed by atoms with van der Waals surface area (Å²) < 4.78 is 0. The van der Waals surface area contributed by atoms with Gasteiger partial charge in [0.25, 0.3) is 5.69 Å². The van der Waals surface area contributed by atoms with Crippen LogP contribution in [0.2, 0.25) is 5.02 Å². The normalized spacial score (nSPS) is 15.2. The minimum Gasteiger partial charge on any atom is -0.478 e. The summed E-state index contributed by atoms with van der Waals surface area (Å²) in [6.45, 7) is 0.637. The molecule has 2 N–H and O–H groups in total. The van der Waals surface area contributed by atoms with Crippen LogP contribution >= 0.6 is 11.6 Å². The highest BCUT2D eigenvalue weighted by molar-refractivity contribution is 6.34. The molecule has 1 fully saturated rings. The van der Waals surface area contributed by atoms with Crippen molar-refractivity contribution < 1.29 is 14.8 Å². The van der Waals surface area contributed by atoms with Crippen LogP contribution in [0.4, 0.5) is 11.4 Å². The number of rotatable bonds is 5. The second-order valence-electron chi connectivity index (χ2n) is 4.94. The average Bonchev–Trinajstić information content (AvgIpc) is 2.89. The van der Waals surface area contributed by atoms with E-state index in [4.69, 9.17) is 16.7 Å². The van der Waals surface area contributed by atoms with Crippen LogP contribution in [0.15, 0.2) is 12.1 Å². The number of nitro groups is 1. The quantitative estimate of drug-likeness (QED) is 0.640. The van der Waals surface area contributed by atoms with Crippen molar-refractivity contribution in [3.05, 3.63) is 32.8 Å². The molecule has 0 saturated heterocycles. The van der Waals surface area contributed by atoms with Gasteiger partial charge in [-0.05, 0) is 18.8 Å². The van der Waals surface area contributed by atoms with Crippen molar-refractivity contribution in [2.45, 2.75) is 25.7 Å². The molecule has 2 rings (SSSR count). The molecule has 1 aliphatic rings. The van der Waals surface area contributed by atoms with E-state index >= 15 is 0 Å². The predicted octanol–water partition coefficient (Wildman–Crippen LogP) is 3.55. The van der Waals surface area contributed by atoms with Crippen LogP contribution in [0, 0.1) is 16.0 Å². The third kappa shape index (κ3) is 3.19. The number of nitrogens with zero attached hydrogens (tertiary/aromatic N) is 1. The van der Waals surface area contributed by atoms with E-state index < -0.39 is 10.9 Å². The summed E-state index contributed by atoms with van der Waals surface area (Å²) in [7, 11) is 0. The van der Waals surface area contributed by atoms with Crippen molar-refractivity contribution in [2.75, 3.05) is 11.9 Å². The van der Waals surface area contributed by atoms with Crippen molar-refractivity contribution in [3.8, 4) is 0 Å². The first-order chi connectivity index (χ1) is 9.49. The minimum absolute atomic E-state index is 0.0644. The molecule has 20 heavy (non-hydrogen) atoms. The number of carboxylic acids is 1. The third-order valence-corrected chi connectivity index (χ3v) is 3.86. The van der Waals surface area contributed by atoms with Crippen molar-refractivity contribution >= 4 is 28.9 Å². The standard InChI is InChI=1S/C13H15ClN2O4/c14-11-6-9(16(19)20)5-10(13(17)18)12(11)15-7-8-3-1-2-4-8/h5-6,8,15H,1-4,7H2,(H,17,18). The van der Waals surface area contributed by atoms with Gasteiger partial charge in [-0.3, -0.25) is 10.1 Å². The summed E-state index contributed by atoms with van der Waals surface area (Å²) >= 11 is 5.98. The molecule has 6 nitrogen and oxygen atoms in total. The lowest BCUT2D eigenvalue weighted by Crippen LogP contribution is -2.14. The zero-order valence-electron chi connectivity index (χ0n) is 10.8. The molecule has 1 aromatic carbocycles. The van der Waals surface area contributed by atoms with E-state index in [1.165, 1.54) is 18.9 Å². The molecule has 1 aliphatic carbocycles. The second kappa shape index (κ2) is 6.09. The zero-order chi connectivity index (χ0) is 14.7. The zero-order valence-corrected chi connectivity index (χ0v) is 11.5. The Bertz CT molecular complexity index is 541. The lowest BCUT2D eigenvalue weighted by atomic mass is 10.1. The average molecular weight is 299 g/mol. The van der Waals surface area contributed by atoms with Gasteiger partial charge in [0.2, 0.25) is 0 Å². The molecule has 108 valence electrons. The van der Waals surface area contributed by atoms with Crippen molar-refractivity contribution in [1.82, 2.24) is 0 Å². The largest absolute Gasteiger partial charge is 0.478 e. The van der Waals surface area contributed by atoms with Gasteiger partial charge >= 0.3 is 5.97 Å². The number of hydrogen-bond acceptors (Lipinski definition) is 4. The molecular formula is C13H15ClN2O4. The van der Waals surface area contributed by atoms with Gasteiger partial charge in [-0.2, -0.15) is 0 Å². The predicted molar refractivity (Wildman–Crippen MR) is 75.5 cm³/mol. The van der Waals surface area contributed by atoms with E-state index in [2.05, 4.69) is 5.32 Å². The van der Waals surface area contributed by atoms with Gasteiger partial charge in [0.1, 0.15) is 0 Å². The first-order valence-electron chi connectivity index (χ1n) is 6.44. The van der Waals surface area contributed by atoms with Gasteiger partial charge in [0.05, 0.1) is 21.2 Å². The van der Waals surface area contributed by atoms with E-state index in [1.807, 2.05) is 0 Å². The highest BCUT2D eigenvalue weighted by atomic mass is 35.5. The van der Waals surface area contributed by atoms with Crippen LogP contribution < -0.4 is 5.32 Å². The fourth-order valence-corrected chi connectivity index (χ4v) is 2.79. The maximum atomic E-state index is 11.2. The molecule has 0 aromatic heterocycles. The van der Waals surface area contributed by atoms with Gasteiger partial charge in [0, 0.05) is 18.7 Å². The van der Waals surface area contributed by atoms with E-state index in [9.17, 15) is 14.9 Å². The Morgan fingerprint density at radius 3 is 2.65 bits per heavy atom. The smallest absolute Gasteiger partial charge is 0.338 e. The first-order valence-corrected chi connectivity index (χ1v) is 6.82. The highest BCUT2D eigenvalue weighted by Crippen LogP contribution is 2.33. The molecular weight excluding hydrogens is 284 g/mol. The van der Waals surface area contributed by atoms with E-state index in [0.29, 0.717) is 12.5 Å². The SMILES string of the molecule is O=C(O)c1cc([N+](=O)[O-])cc(Cl)c1NCC1CCCC1. The lowest BCUT2D eigenvalue weighted by Gasteiger charge is -2.15. The molecule has 1 aromatic rings. The van der Waals surface area contributed by atoms with Gasteiger partial charge in [0.15, 0.2) is 0 Å². The molecule has 0 unspecified atom stereocenters. The third-order valence-electron chi connectivity index (χ3n) is 3.56. The van der Waals surface area contributed by atoms with Gasteiger partial charge in [-0.1, -0.05) is 24.4 Å². The van der Waals surface area contributed by atoms with Gasteiger partial charge in [-0.25, -0.2) is 4.79 Å². The number of nitro benzene ring substituents is 1. The molecule has 0 bridgehead atoms. The van der Waals surface area contributed by atoms with Gasteiger partial charge in [-0.15, -0.1) is 0 Å². The van der Waals surface area contributed by atoms with Crippen molar-refractivity contribution in [3.63, 3.8) is 0 Å².